The van der Waals surface area contributed by atoms with Crippen LogP contribution in [0.2, 0.25) is 0 Å². The van der Waals surface area contributed by atoms with Crippen LogP contribution in [0.1, 0.15) is 20.3 Å². The molecule has 0 aromatic rings. The predicted octanol–water partition coefficient (Wildman–Crippen LogP) is 1.36. The molecule has 1 heterocycles. The molecule has 0 aromatic heterocycles. The van der Waals surface area contributed by atoms with Crippen molar-refractivity contribution in [3.05, 3.63) is 10.6 Å². The summed E-state index contributed by atoms with van der Waals surface area (Å²) < 4.78 is 0. The summed E-state index contributed by atoms with van der Waals surface area (Å²) in [4.78, 5) is 21.9. The third-order valence-electron chi connectivity index (χ3n) is 2.56. The molecule has 1 aliphatic rings. The van der Waals surface area contributed by atoms with Gasteiger partial charge in [-0.1, -0.05) is 25.4 Å². The van der Waals surface area contributed by atoms with Gasteiger partial charge < -0.3 is 10.4 Å². The molecular formula is C10H14ClNO3. The van der Waals surface area contributed by atoms with Gasteiger partial charge in [0.25, 0.3) is 5.91 Å². The van der Waals surface area contributed by atoms with Gasteiger partial charge in [-0.2, -0.15) is 0 Å². The molecule has 0 bridgehead atoms. The Balaban J connectivity index is 3.01. The standard InChI is InChI=1S/C10H14ClNO3/c1-5(2)7-4-12-10(15)9(11)6(7)3-8(13)14/h5,7H,3-4H2,1-2H3,(H,12,15)(H,13,14). The molecule has 1 aliphatic heterocycles. The van der Waals surface area contributed by atoms with Gasteiger partial charge in [0.05, 0.1) is 6.42 Å². The summed E-state index contributed by atoms with van der Waals surface area (Å²) in [6, 6.07) is 0. The minimum Gasteiger partial charge on any atom is -0.481 e. The van der Waals surface area contributed by atoms with E-state index < -0.39 is 5.97 Å². The molecule has 0 fully saturated rings. The van der Waals surface area contributed by atoms with Crippen LogP contribution in [0, 0.1) is 11.8 Å². The highest BCUT2D eigenvalue weighted by atomic mass is 35.5. The van der Waals surface area contributed by atoms with E-state index >= 15 is 0 Å². The monoisotopic (exact) mass is 231 g/mol. The molecule has 0 aliphatic carbocycles. The van der Waals surface area contributed by atoms with Gasteiger partial charge in [0, 0.05) is 12.5 Å². The minimum atomic E-state index is -0.955. The Labute approximate surface area is 93.3 Å². The summed E-state index contributed by atoms with van der Waals surface area (Å²) in [5, 5.41) is 11.4. The fourth-order valence-electron chi connectivity index (χ4n) is 1.72. The second-order valence-electron chi connectivity index (χ2n) is 3.97. The maximum atomic E-state index is 11.3. The van der Waals surface area contributed by atoms with Gasteiger partial charge >= 0.3 is 5.97 Å². The van der Waals surface area contributed by atoms with Crippen LogP contribution in [0.3, 0.4) is 0 Å². The van der Waals surface area contributed by atoms with E-state index in [1.807, 2.05) is 13.8 Å². The predicted molar refractivity (Wildman–Crippen MR) is 56.5 cm³/mol. The van der Waals surface area contributed by atoms with Crippen molar-refractivity contribution in [2.24, 2.45) is 11.8 Å². The van der Waals surface area contributed by atoms with E-state index in [1.54, 1.807) is 0 Å². The molecule has 0 saturated carbocycles. The van der Waals surface area contributed by atoms with Gasteiger partial charge in [-0.15, -0.1) is 0 Å². The van der Waals surface area contributed by atoms with Gasteiger partial charge in [0.15, 0.2) is 0 Å². The quantitative estimate of drug-likeness (QED) is 0.771. The first-order valence-electron chi connectivity index (χ1n) is 4.82. The first kappa shape index (κ1) is 12.0. The van der Waals surface area contributed by atoms with Crippen molar-refractivity contribution in [2.75, 3.05) is 6.54 Å². The molecule has 1 amide bonds. The number of carboxylic acid groups (broad SMARTS) is 1. The Hall–Kier alpha value is -1.03. The van der Waals surface area contributed by atoms with E-state index in [0.29, 0.717) is 12.1 Å². The van der Waals surface area contributed by atoms with E-state index in [-0.39, 0.29) is 29.2 Å². The number of carboxylic acids is 1. The van der Waals surface area contributed by atoms with E-state index in [4.69, 9.17) is 16.7 Å². The third kappa shape index (κ3) is 2.72. The number of hydrogen-bond acceptors (Lipinski definition) is 2. The first-order valence-corrected chi connectivity index (χ1v) is 5.19. The van der Waals surface area contributed by atoms with Gasteiger partial charge in [0.1, 0.15) is 5.03 Å². The fourth-order valence-corrected chi connectivity index (χ4v) is 2.00. The lowest BCUT2D eigenvalue weighted by Gasteiger charge is -2.28. The Bertz CT molecular complexity index is 323. The molecule has 0 radical (unpaired) electrons. The number of nitrogens with one attached hydrogen (secondary N) is 1. The van der Waals surface area contributed by atoms with Crippen molar-refractivity contribution in [3.63, 3.8) is 0 Å². The number of carbonyl (C=O) groups excluding carboxylic acids is 1. The largest absolute Gasteiger partial charge is 0.481 e. The van der Waals surface area contributed by atoms with Crippen molar-refractivity contribution in [1.29, 1.82) is 0 Å². The lowest BCUT2D eigenvalue weighted by molar-refractivity contribution is -0.136. The fraction of sp³-hybridized carbons (Fsp3) is 0.600. The van der Waals surface area contributed by atoms with Crippen LogP contribution in [0.25, 0.3) is 0 Å². The normalized spacial score (nSPS) is 21.9. The summed E-state index contributed by atoms with van der Waals surface area (Å²) in [5.41, 5.74) is 0.544. The second kappa shape index (κ2) is 4.66. The first-order chi connectivity index (χ1) is 6.93. The van der Waals surface area contributed by atoms with Crippen molar-refractivity contribution in [2.45, 2.75) is 20.3 Å². The van der Waals surface area contributed by atoms with Crippen LogP contribution >= 0.6 is 11.6 Å². The van der Waals surface area contributed by atoms with E-state index in [9.17, 15) is 9.59 Å². The molecule has 2 N–H and O–H groups in total. The second-order valence-corrected chi connectivity index (χ2v) is 4.35. The highest BCUT2D eigenvalue weighted by molar-refractivity contribution is 6.42. The number of amides is 1. The Morgan fingerprint density at radius 3 is 2.73 bits per heavy atom. The molecule has 15 heavy (non-hydrogen) atoms. The van der Waals surface area contributed by atoms with Crippen molar-refractivity contribution in [1.82, 2.24) is 5.32 Å². The SMILES string of the molecule is CC(C)C1CNC(=O)C(Cl)=C1CC(=O)O. The Kier molecular flexibility index (Phi) is 3.74. The van der Waals surface area contributed by atoms with Crippen molar-refractivity contribution in [3.8, 4) is 0 Å². The van der Waals surface area contributed by atoms with Crippen molar-refractivity contribution < 1.29 is 14.7 Å². The van der Waals surface area contributed by atoms with E-state index in [2.05, 4.69) is 5.32 Å². The summed E-state index contributed by atoms with van der Waals surface area (Å²) in [6.07, 6.45) is -0.158. The lowest BCUT2D eigenvalue weighted by atomic mass is 9.84. The highest BCUT2D eigenvalue weighted by Gasteiger charge is 2.30. The topological polar surface area (TPSA) is 66.4 Å². The van der Waals surface area contributed by atoms with Gasteiger partial charge in [-0.25, -0.2) is 0 Å². The number of rotatable bonds is 3. The van der Waals surface area contributed by atoms with Crippen LogP contribution < -0.4 is 5.32 Å². The van der Waals surface area contributed by atoms with Crippen LogP contribution in [0.5, 0.6) is 0 Å². The molecule has 1 atom stereocenters. The molecule has 0 spiro atoms. The Morgan fingerprint density at radius 1 is 1.67 bits per heavy atom. The average molecular weight is 232 g/mol. The van der Waals surface area contributed by atoms with Crippen molar-refractivity contribution >= 4 is 23.5 Å². The summed E-state index contributed by atoms with van der Waals surface area (Å²) >= 11 is 5.82. The number of carbonyl (C=O) groups is 2. The smallest absolute Gasteiger partial charge is 0.307 e. The molecular weight excluding hydrogens is 218 g/mol. The number of aliphatic carboxylic acids is 1. The van der Waals surface area contributed by atoms with Crippen LogP contribution in [-0.2, 0) is 9.59 Å². The van der Waals surface area contributed by atoms with E-state index in [0.717, 1.165) is 0 Å². The van der Waals surface area contributed by atoms with Crippen LogP contribution in [0.4, 0.5) is 0 Å². The molecule has 1 unspecified atom stereocenters. The third-order valence-corrected chi connectivity index (χ3v) is 2.97. The highest BCUT2D eigenvalue weighted by Crippen LogP contribution is 2.30. The summed E-state index contributed by atoms with van der Waals surface area (Å²) in [5.74, 6) is -1.05. The van der Waals surface area contributed by atoms with Gasteiger partial charge in [0.2, 0.25) is 0 Å². The summed E-state index contributed by atoms with van der Waals surface area (Å²) in [6.45, 7) is 4.43. The maximum absolute atomic E-state index is 11.3. The molecule has 0 saturated heterocycles. The Morgan fingerprint density at radius 2 is 2.27 bits per heavy atom. The molecule has 4 nitrogen and oxygen atoms in total. The molecule has 0 aromatic carbocycles. The number of hydrogen-bond donors (Lipinski definition) is 2. The zero-order valence-corrected chi connectivity index (χ0v) is 9.47. The zero-order valence-electron chi connectivity index (χ0n) is 8.71. The van der Waals surface area contributed by atoms with Gasteiger partial charge in [-0.05, 0) is 11.5 Å². The van der Waals surface area contributed by atoms with Crippen LogP contribution in [0.15, 0.2) is 10.6 Å². The minimum absolute atomic E-state index is 0.0197. The average Bonchev–Trinajstić information content (AvgIpc) is 2.12. The molecule has 84 valence electrons. The summed E-state index contributed by atoms with van der Waals surface area (Å²) in [7, 11) is 0. The van der Waals surface area contributed by atoms with Crippen LogP contribution in [-0.4, -0.2) is 23.5 Å². The van der Waals surface area contributed by atoms with E-state index in [1.165, 1.54) is 0 Å². The molecule has 1 rings (SSSR count). The van der Waals surface area contributed by atoms with Gasteiger partial charge in [-0.3, -0.25) is 9.59 Å². The number of halogens is 1. The lowest BCUT2D eigenvalue weighted by Crippen LogP contribution is -2.38. The zero-order chi connectivity index (χ0) is 11.6. The maximum Gasteiger partial charge on any atom is 0.307 e. The molecule has 5 heteroatoms.